The standard InChI is InChI=1S/C17H28OS/c1-4-5-6-7-8-9-10-19-13-16-12-14(2)11-15(3)17(16)18/h11-12,18H,4-10,13H2,1-3H3. The molecule has 0 saturated carbocycles. The van der Waals surface area contributed by atoms with Crippen molar-refractivity contribution in [3.63, 3.8) is 0 Å². The van der Waals surface area contributed by atoms with Gasteiger partial charge in [0.2, 0.25) is 0 Å². The Morgan fingerprint density at radius 2 is 1.68 bits per heavy atom. The molecule has 0 atom stereocenters. The maximum atomic E-state index is 10.0. The Morgan fingerprint density at radius 1 is 1.00 bits per heavy atom. The van der Waals surface area contributed by atoms with Crippen LogP contribution in [0.3, 0.4) is 0 Å². The minimum atomic E-state index is 0.487. The molecule has 0 unspecified atom stereocenters. The monoisotopic (exact) mass is 280 g/mol. The van der Waals surface area contributed by atoms with Gasteiger partial charge in [-0.1, -0.05) is 56.7 Å². The van der Waals surface area contributed by atoms with Crippen LogP contribution in [0.5, 0.6) is 5.75 Å². The second kappa shape index (κ2) is 9.30. The number of aryl methyl sites for hydroxylation is 2. The van der Waals surface area contributed by atoms with Crippen molar-refractivity contribution in [2.45, 2.75) is 65.0 Å². The summed E-state index contributed by atoms with van der Waals surface area (Å²) in [6.07, 6.45) is 8.12. The summed E-state index contributed by atoms with van der Waals surface area (Å²) >= 11 is 1.94. The molecule has 0 spiro atoms. The zero-order valence-corrected chi connectivity index (χ0v) is 13.5. The predicted molar refractivity (Wildman–Crippen MR) is 87.1 cm³/mol. The predicted octanol–water partition coefficient (Wildman–Crippen LogP) is 5.60. The second-order valence-electron chi connectivity index (χ2n) is 5.41. The van der Waals surface area contributed by atoms with Crippen molar-refractivity contribution in [2.24, 2.45) is 0 Å². The molecular formula is C17H28OS. The Kier molecular flexibility index (Phi) is 8.04. The van der Waals surface area contributed by atoms with Crippen LogP contribution in [0.2, 0.25) is 0 Å². The van der Waals surface area contributed by atoms with Crippen LogP contribution in [0, 0.1) is 13.8 Å². The maximum Gasteiger partial charge on any atom is 0.122 e. The zero-order valence-electron chi connectivity index (χ0n) is 12.7. The van der Waals surface area contributed by atoms with Gasteiger partial charge in [0, 0.05) is 11.3 Å². The van der Waals surface area contributed by atoms with Gasteiger partial charge in [0.05, 0.1) is 0 Å². The normalized spacial score (nSPS) is 10.9. The lowest BCUT2D eigenvalue weighted by Crippen LogP contribution is -1.89. The molecule has 1 rings (SSSR count). The zero-order chi connectivity index (χ0) is 14.1. The highest BCUT2D eigenvalue weighted by atomic mass is 32.2. The van der Waals surface area contributed by atoms with E-state index in [1.807, 2.05) is 24.8 Å². The molecule has 0 aliphatic heterocycles. The number of hydrogen-bond donors (Lipinski definition) is 1. The van der Waals surface area contributed by atoms with E-state index in [-0.39, 0.29) is 0 Å². The third-order valence-corrected chi connectivity index (χ3v) is 4.52. The summed E-state index contributed by atoms with van der Waals surface area (Å²) in [6, 6.07) is 4.15. The molecule has 0 fully saturated rings. The first kappa shape index (κ1) is 16.4. The Hall–Kier alpha value is -0.630. The second-order valence-corrected chi connectivity index (χ2v) is 6.52. The summed E-state index contributed by atoms with van der Waals surface area (Å²) in [5.41, 5.74) is 3.33. The topological polar surface area (TPSA) is 20.2 Å². The molecule has 0 saturated heterocycles. The van der Waals surface area contributed by atoms with Crippen LogP contribution in [0.4, 0.5) is 0 Å². The molecule has 0 amide bonds. The highest BCUT2D eigenvalue weighted by molar-refractivity contribution is 7.98. The number of aromatic hydroxyl groups is 1. The van der Waals surface area contributed by atoms with Gasteiger partial charge in [-0.15, -0.1) is 0 Å². The van der Waals surface area contributed by atoms with Gasteiger partial charge >= 0.3 is 0 Å². The van der Waals surface area contributed by atoms with Crippen molar-refractivity contribution in [2.75, 3.05) is 5.75 Å². The van der Waals surface area contributed by atoms with Crippen molar-refractivity contribution in [3.8, 4) is 5.75 Å². The van der Waals surface area contributed by atoms with Crippen LogP contribution >= 0.6 is 11.8 Å². The van der Waals surface area contributed by atoms with E-state index in [4.69, 9.17) is 0 Å². The first-order valence-electron chi connectivity index (χ1n) is 7.52. The quantitative estimate of drug-likeness (QED) is 0.594. The van der Waals surface area contributed by atoms with Crippen LogP contribution in [-0.2, 0) is 5.75 Å². The minimum absolute atomic E-state index is 0.487. The molecule has 1 aromatic rings. The first-order valence-corrected chi connectivity index (χ1v) is 8.67. The smallest absolute Gasteiger partial charge is 0.122 e. The fourth-order valence-corrected chi connectivity index (χ4v) is 3.32. The minimum Gasteiger partial charge on any atom is -0.507 e. The van der Waals surface area contributed by atoms with E-state index in [1.165, 1.54) is 49.8 Å². The van der Waals surface area contributed by atoms with Gasteiger partial charge in [-0.2, -0.15) is 11.8 Å². The fourth-order valence-electron chi connectivity index (χ4n) is 2.32. The molecule has 0 aromatic heterocycles. The van der Waals surface area contributed by atoms with E-state index in [0.717, 1.165) is 16.9 Å². The molecule has 1 nitrogen and oxygen atoms in total. The molecule has 0 radical (unpaired) electrons. The van der Waals surface area contributed by atoms with Gasteiger partial charge in [-0.05, 0) is 31.6 Å². The number of phenolic OH excluding ortho intramolecular Hbond substituents is 1. The maximum absolute atomic E-state index is 10.0. The van der Waals surface area contributed by atoms with Gasteiger partial charge in [0.1, 0.15) is 5.75 Å². The summed E-state index contributed by atoms with van der Waals surface area (Å²) in [4.78, 5) is 0. The highest BCUT2D eigenvalue weighted by Gasteiger charge is 2.05. The number of thioether (sulfide) groups is 1. The van der Waals surface area contributed by atoms with Crippen LogP contribution < -0.4 is 0 Å². The van der Waals surface area contributed by atoms with Crippen LogP contribution in [0.25, 0.3) is 0 Å². The number of unbranched alkanes of at least 4 members (excludes halogenated alkanes) is 5. The van der Waals surface area contributed by atoms with Crippen LogP contribution in [-0.4, -0.2) is 10.9 Å². The van der Waals surface area contributed by atoms with Crippen molar-refractivity contribution >= 4 is 11.8 Å². The summed E-state index contributed by atoms with van der Waals surface area (Å²) in [6.45, 7) is 6.32. The third-order valence-electron chi connectivity index (χ3n) is 3.42. The Labute approximate surface area is 122 Å². The van der Waals surface area contributed by atoms with E-state index in [0.29, 0.717) is 5.75 Å². The van der Waals surface area contributed by atoms with E-state index >= 15 is 0 Å². The number of phenols is 1. The molecule has 1 aromatic carbocycles. The SMILES string of the molecule is CCCCCCCCSCc1cc(C)cc(C)c1O. The lowest BCUT2D eigenvalue weighted by Gasteiger charge is -2.09. The van der Waals surface area contributed by atoms with Crippen molar-refractivity contribution in [3.05, 3.63) is 28.8 Å². The van der Waals surface area contributed by atoms with Crippen LogP contribution in [0.1, 0.15) is 62.1 Å². The first-order chi connectivity index (χ1) is 9.15. The van der Waals surface area contributed by atoms with Gasteiger partial charge in [0.15, 0.2) is 0 Å². The van der Waals surface area contributed by atoms with E-state index < -0.39 is 0 Å². The van der Waals surface area contributed by atoms with Gasteiger partial charge < -0.3 is 5.11 Å². The van der Waals surface area contributed by atoms with Crippen LogP contribution in [0.15, 0.2) is 12.1 Å². The van der Waals surface area contributed by atoms with Gasteiger partial charge in [-0.25, -0.2) is 0 Å². The average molecular weight is 280 g/mol. The number of benzene rings is 1. The molecule has 0 bridgehead atoms. The van der Waals surface area contributed by atoms with Crippen molar-refractivity contribution in [1.29, 1.82) is 0 Å². The number of hydrogen-bond acceptors (Lipinski definition) is 2. The summed E-state index contributed by atoms with van der Waals surface area (Å²) in [5, 5.41) is 10.0. The molecule has 0 aliphatic rings. The molecule has 0 aliphatic carbocycles. The summed E-state index contributed by atoms with van der Waals surface area (Å²) in [7, 11) is 0. The van der Waals surface area contributed by atoms with Gasteiger partial charge in [-0.3, -0.25) is 0 Å². The van der Waals surface area contributed by atoms with Crippen molar-refractivity contribution in [1.82, 2.24) is 0 Å². The Balaban J connectivity index is 2.19. The Bertz CT molecular complexity index is 374. The third kappa shape index (κ3) is 6.38. The average Bonchev–Trinajstić information content (AvgIpc) is 2.38. The Morgan fingerprint density at radius 3 is 2.42 bits per heavy atom. The summed E-state index contributed by atoms with van der Waals surface area (Å²) < 4.78 is 0. The van der Waals surface area contributed by atoms with E-state index in [9.17, 15) is 5.11 Å². The lowest BCUT2D eigenvalue weighted by atomic mass is 10.1. The molecule has 0 heterocycles. The molecule has 108 valence electrons. The van der Waals surface area contributed by atoms with Crippen molar-refractivity contribution < 1.29 is 5.11 Å². The molecular weight excluding hydrogens is 252 g/mol. The molecule has 2 heteroatoms. The highest BCUT2D eigenvalue weighted by Crippen LogP contribution is 2.27. The van der Waals surface area contributed by atoms with Gasteiger partial charge in [0.25, 0.3) is 0 Å². The van der Waals surface area contributed by atoms with E-state index in [2.05, 4.69) is 19.9 Å². The largest absolute Gasteiger partial charge is 0.507 e. The van der Waals surface area contributed by atoms with E-state index in [1.54, 1.807) is 0 Å². The number of rotatable bonds is 9. The molecule has 19 heavy (non-hydrogen) atoms. The fraction of sp³-hybridized carbons (Fsp3) is 0.647. The summed E-state index contributed by atoms with van der Waals surface area (Å²) in [5.74, 6) is 2.63. The lowest BCUT2D eigenvalue weighted by molar-refractivity contribution is 0.466. The molecule has 1 N–H and O–H groups in total.